The van der Waals surface area contributed by atoms with Gasteiger partial charge in [0, 0.05) is 23.9 Å². The summed E-state index contributed by atoms with van der Waals surface area (Å²) in [6.45, 7) is 0.907. The lowest BCUT2D eigenvalue weighted by Crippen LogP contribution is -2.14. The van der Waals surface area contributed by atoms with Crippen molar-refractivity contribution in [3.63, 3.8) is 0 Å². The highest BCUT2D eigenvalue weighted by Gasteiger charge is 2.15. The smallest absolute Gasteiger partial charge is 0.133 e. The van der Waals surface area contributed by atoms with Crippen molar-refractivity contribution in [2.45, 2.75) is 38.6 Å². The van der Waals surface area contributed by atoms with Crippen molar-refractivity contribution in [3.8, 4) is 11.1 Å². The summed E-state index contributed by atoms with van der Waals surface area (Å²) in [6.07, 6.45) is 10.1. The Bertz CT molecular complexity index is 632. The number of hydrogen-bond acceptors (Lipinski definition) is 2. The average Bonchev–Trinajstić information content (AvgIpc) is 2.92. The summed E-state index contributed by atoms with van der Waals surface area (Å²) in [7, 11) is 0. The van der Waals surface area contributed by atoms with Crippen LogP contribution in [0.25, 0.3) is 11.1 Å². The number of benzene rings is 1. The third-order valence-corrected chi connectivity index (χ3v) is 4.53. The minimum Gasteiger partial charge on any atom is -0.397 e. The normalized spacial score (nSPS) is 16.3. The minimum absolute atomic E-state index is 0.257. The molecule has 0 radical (unpaired) electrons. The molecule has 5 heteroatoms. The van der Waals surface area contributed by atoms with Crippen LogP contribution >= 0.6 is 11.6 Å². The number of halogens is 2. The number of rotatable bonds is 3. The third kappa shape index (κ3) is 3.21. The monoisotopic (exact) mass is 307 g/mol. The molecule has 2 N–H and O–H groups in total. The summed E-state index contributed by atoms with van der Waals surface area (Å²) >= 11 is 5.98. The molecule has 1 saturated carbocycles. The van der Waals surface area contributed by atoms with E-state index in [2.05, 4.69) is 5.10 Å². The van der Waals surface area contributed by atoms with Gasteiger partial charge in [0.25, 0.3) is 0 Å². The first-order valence-corrected chi connectivity index (χ1v) is 7.78. The van der Waals surface area contributed by atoms with E-state index in [9.17, 15) is 4.39 Å². The van der Waals surface area contributed by atoms with Gasteiger partial charge in [0.1, 0.15) is 5.82 Å². The van der Waals surface area contributed by atoms with E-state index in [1.54, 1.807) is 12.3 Å². The van der Waals surface area contributed by atoms with Gasteiger partial charge in [0.2, 0.25) is 0 Å². The van der Waals surface area contributed by atoms with E-state index in [1.807, 2.05) is 10.9 Å². The summed E-state index contributed by atoms with van der Waals surface area (Å²) in [4.78, 5) is 0. The fourth-order valence-electron chi connectivity index (χ4n) is 3.02. The topological polar surface area (TPSA) is 43.8 Å². The van der Waals surface area contributed by atoms with Crippen LogP contribution < -0.4 is 5.73 Å². The van der Waals surface area contributed by atoms with E-state index in [-0.39, 0.29) is 11.5 Å². The third-order valence-electron chi connectivity index (χ3n) is 4.20. The number of nitrogen functional groups attached to an aromatic ring is 1. The number of hydrogen-bond donors (Lipinski definition) is 1. The van der Waals surface area contributed by atoms with E-state index in [1.165, 1.54) is 38.2 Å². The van der Waals surface area contributed by atoms with Gasteiger partial charge >= 0.3 is 0 Å². The molecule has 112 valence electrons. The van der Waals surface area contributed by atoms with Crippen LogP contribution in [0.15, 0.2) is 24.5 Å². The first-order valence-electron chi connectivity index (χ1n) is 7.41. The zero-order valence-electron chi connectivity index (χ0n) is 11.9. The summed E-state index contributed by atoms with van der Waals surface area (Å²) in [6, 6.07) is 2.82. The van der Waals surface area contributed by atoms with Crippen LogP contribution in [0.3, 0.4) is 0 Å². The molecular weight excluding hydrogens is 289 g/mol. The Morgan fingerprint density at radius 2 is 2.05 bits per heavy atom. The molecule has 2 aromatic rings. The number of nitrogens with two attached hydrogens (primary N) is 1. The van der Waals surface area contributed by atoms with Gasteiger partial charge in [0.05, 0.1) is 16.9 Å². The van der Waals surface area contributed by atoms with Crippen LogP contribution in [0.4, 0.5) is 10.1 Å². The van der Waals surface area contributed by atoms with Crippen molar-refractivity contribution in [2.75, 3.05) is 5.73 Å². The maximum Gasteiger partial charge on any atom is 0.133 e. The van der Waals surface area contributed by atoms with Crippen molar-refractivity contribution in [2.24, 2.45) is 5.92 Å². The van der Waals surface area contributed by atoms with Gasteiger partial charge in [-0.3, -0.25) is 4.68 Å². The Balaban J connectivity index is 1.79. The summed E-state index contributed by atoms with van der Waals surface area (Å²) < 4.78 is 15.9. The highest BCUT2D eigenvalue weighted by atomic mass is 35.5. The molecule has 1 fully saturated rings. The van der Waals surface area contributed by atoms with Crippen molar-refractivity contribution in [3.05, 3.63) is 35.4 Å². The van der Waals surface area contributed by atoms with Gasteiger partial charge in [0.15, 0.2) is 0 Å². The van der Waals surface area contributed by atoms with Gasteiger partial charge in [-0.05, 0) is 30.9 Å². The first-order chi connectivity index (χ1) is 10.1. The van der Waals surface area contributed by atoms with Crippen molar-refractivity contribution < 1.29 is 4.39 Å². The molecule has 0 aliphatic heterocycles. The summed E-state index contributed by atoms with van der Waals surface area (Å²) in [5.74, 6) is 0.320. The van der Waals surface area contributed by atoms with Crippen molar-refractivity contribution in [1.29, 1.82) is 0 Å². The molecule has 3 rings (SSSR count). The Labute approximate surface area is 128 Å². The van der Waals surface area contributed by atoms with E-state index in [4.69, 9.17) is 17.3 Å². The standard InChI is InChI=1S/C16H19ClFN3/c17-14-6-13(15(18)7-16(14)19)12-8-20-21(10-12)9-11-4-2-1-3-5-11/h6-8,10-11H,1-5,9,19H2. The van der Waals surface area contributed by atoms with Gasteiger partial charge in [-0.25, -0.2) is 4.39 Å². The van der Waals surface area contributed by atoms with Gasteiger partial charge in [-0.2, -0.15) is 5.10 Å². The number of anilines is 1. The van der Waals surface area contributed by atoms with Crippen LogP contribution in [-0.4, -0.2) is 9.78 Å². The number of nitrogens with zero attached hydrogens (tertiary/aromatic N) is 2. The molecule has 1 aromatic carbocycles. The molecule has 0 unspecified atom stereocenters. The second-order valence-corrected chi connectivity index (χ2v) is 6.22. The van der Waals surface area contributed by atoms with E-state index >= 15 is 0 Å². The Kier molecular flexibility index (Phi) is 4.15. The van der Waals surface area contributed by atoms with Crippen LogP contribution in [-0.2, 0) is 6.54 Å². The predicted octanol–water partition coefficient (Wildman–Crippen LogP) is 4.51. The predicted molar refractivity (Wildman–Crippen MR) is 83.6 cm³/mol. The molecule has 1 aliphatic carbocycles. The summed E-state index contributed by atoms with van der Waals surface area (Å²) in [5, 5.41) is 4.72. The van der Waals surface area contributed by atoms with Gasteiger partial charge in [-0.15, -0.1) is 0 Å². The summed E-state index contributed by atoms with van der Waals surface area (Å²) in [5.41, 5.74) is 7.05. The van der Waals surface area contributed by atoms with Crippen LogP contribution in [0.1, 0.15) is 32.1 Å². The lowest BCUT2D eigenvalue weighted by Gasteiger charge is -2.21. The maximum atomic E-state index is 14.0. The lowest BCUT2D eigenvalue weighted by molar-refractivity contribution is 0.308. The second kappa shape index (κ2) is 6.06. The molecule has 0 atom stereocenters. The van der Waals surface area contributed by atoms with Crippen molar-refractivity contribution >= 4 is 17.3 Å². The first kappa shape index (κ1) is 14.4. The Morgan fingerprint density at radius 1 is 1.29 bits per heavy atom. The van der Waals surface area contributed by atoms with E-state index in [0.717, 1.165) is 12.1 Å². The molecule has 1 heterocycles. The van der Waals surface area contributed by atoms with Gasteiger partial charge < -0.3 is 5.73 Å². The van der Waals surface area contributed by atoms with Crippen molar-refractivity contribution in [1.82, 2.24) is 9.78 Å². The Hall–Kier alpha value is -1.55. The lowest BCUT2D eigenvalue weighted by atomic mass is 9.89. The SMILES string of the molecule is Nc1cc(F)c(-c2cnn(CC3CCCCC3)c2)cc1Cl. The maximum absolute atomic E-state index is 14.0. The fourth-order valence-corrected chi connectivity index (χ4v) is 3.18. The quantitative estimate of drug-likeness (QED) is 0.848. The highest BCUT2D eigenvalue weighted by molar-refractivity contribution is 6.33. The molecule has 21 heavy (non-hydrogen) atoms. The molecular formula is C16H19ClFN3. The molecule has 0 bridgehead atoms. The fraction of sp³-hybridized carbons (Fsp3) is 0.438. The molecule has 0 saturated heterocycles. The zero-order chi connectivity index (χ0) is 14.8. The van der Waals surface area contributed by atoms with E-state index < -0.39 is 0 Å². The van der Waals surface area contributed by atoms with Gasteiger partial charge in [-0.1, -0.05) is 30.9 Å². The number of aromatic nitrogens is 2. The highest BCUT2D eigenvalue weighted by Crippen LogP contribution is 2.30. The van der Waals surface area contributed by atoms with Crippen LogP contribution in [0, 0.1) is 11.7 Å². The van der Waals surface area contributed by atoms with Crippen LogP contribution in [0.5, 0.6) is 0 Å². The molecule has 1 aromatic heterocycles. The molecule has 0 spiro atoms. The molecule has 3 nitrogen and oxygen atoms in total. The Morgan fingerprint density at radius 3 is 2.81 bits per heavy atom. The molecule has 1 aliphatic rings. The largest absolute Gasteiger partial charge is 0.397 e. The van der Waals surface area contributed by atoms with Crippen LogP contribution in [0.2, 0.25) is 5.02 Å². The average molecular weight is 308 g/mol. The zero-order valence-corrected chi connectivity index (χ0v) is 12.6. The molecule has 0 amide bonds. The minimum atomic E-state index is -0.367. The second-order valence-electron chi connectivity index (χ2n) is 5.81. The van der Waals surface area contributed by atoms with E-state index in [0.29, 0.717) is 16.5 Å².